The van der Waals surface area contributed by atoms with Crippen LogP contribution < -0.4 is 5.73 Å². The molecular weight excluding hydrogens is 304 g/mol. The van der Waals surface area contributed by atoms with Gasteiger partial charge in [-0.15, -0.1) is 11.3 Å². The number of halogens is 1. The van der Waals surface area contributed by atoms with Gasteiger partial charge in [0.25, 0.3) is 5.91 Å². The van der Waals surface area contributed by atoms with E-state index in [-0.39, 0.29) is 11.9 Å². The number of carbonyl (C=O) groups is 1. The molecule has 2 heterocycles. The number of benzene rings is 1. The molecule has 1 amide bonds. The SMILES string of the molecule is CC1CCCCCN1C(=O)c1sc2cccc(Cl)c2c1N. The zero-order chi connectivity index (χ0) is 15.0. The Bertz CT molecular complexity index is 682. The van der Waals surface area contributed by atoms with Gasteiger partial charge in [0.1, 0.15) is 4.88 Å². The summed E-state index contributed by atoms with van der Waals surface area (Å²) in [4.78, 5) is 15.5. The number of fused-ring (bicyclic) bond motifs is 1. The van der Waals surface area contributed by atoms with Gasteiger partial charge in [0.2, 0.25) is 0 Å². The second kappa shape index (κ2) is 5.85. The summed E-state index contributed by atoms with van der Waals surface area (Å²) in [6.07, 6.45) is 4.53. The summed E-state index contributed by atoms with van der Waals surface area (Å²) < 4.78 is 0.978. The van der Waals surface area contributed by atoms with Gasteiger partial charge in [-0.3, -0.25) is 4.79 Å². The lowest BCUT2D eigenvalue weighted by atomic mass is 10.1. The fourth-order valence-electron chi connectivity index (χ4n) is 3.00. The first-order valence-corrected chi connectivity index (χ1v) is 8.56. The van der Waals surface area contributed by atoms with Crippen LogP contribution in [0.25, 0.3) is 10.1 Å². The van der Waals surface area contributed by atoms with Crippen LogP contribution in [-0.2, 0) is 0 Å². The molecule has 112 valence electrons. The van der Waals surface area contributed by atoms with Crippen LogP contribution >= 0.6 is 22.9 Å². The molecule has 0 radical (unpaired) electrons. The van der Waals surface area contributed by atoms with Crippen LogP contribution in [0.5, 0.6) is 0 Å². The number of nitrogens with two attached hydrogens (primary N) is 1. The summed E-state index contributed by atoms with van der Waals surface area (Å²) in [5.74, 6) is 0.0548. The molecule has 0 spiro atoms. The summed E-state index contributed by atoms with van der Waals surface area (Å²) in [6.45, 7) is 2.95. The summed E-state index contributed by atoms with van der Waals surface area (Å²) >= 11 is 7.67. The van der Waals surface area contributed by atoms with Gasteiger partial charge in [-0.25, -0.2) is 0 Å². The van der Waals surface area contributed by atoms with Crippen molar-refractivity contribution in [2.45, 2.75) is 38.6 Å². The minimum atomic E-state index is 0.0548. The lowest BCUT2D eigenvalue weighted by molar-refractivity contribution is 0.0704. The quantitative estimate of drug-likeness (QED) is 0.837. The largest absolute Gasteiger partial charge is 0.397 e. The molecule has 2 N–H and O–H groups in total. The van der Waals surface area contributed by atoms with E-state index in [9.17, 15) is 4.79 Å². The Labute approximate surface area is 133 Å². The second-order valence-electron chi connectivity index (χ2n) is 5.65. The first kappa shape index (κ1) is 14.7. The van der Waals surface area contributed by atoms with Crippen molar-refractivity contribution in [1.82, 2.24) is 4.90 Å². The van der Waals surface area contributed by atoms with Gasteiger partial charge in [0.05, 0.1) is 10.7 Å². The average Bonchev–Trinajstić information content (AvgIpc) is 2.65. The molecular formula is C16H19ClN2OS. The van der Waals surface area contributed by atoms with Gasteiger partial charge in [-0.05, 0) is 31.9 Å². The zero-order valence-corrected chi connectivity index (χ0v) is 13.6. The molecule has 1 unspecified atom stereocenters. The van der Waals surface area contributed by atoms with Crippen molar-refractivity contribution >= 4 is 44.6 Å². The van der Waals surface area contributed by atoms with Crippen LogP contribution in [0, 0.1) is 0 Å². The molecule has 21 heavy (non-hydrogen) atoms. The highest BCUT2D eigenvalue weighted by Gasteiger charge is 2.27. The third-order valence-corrected chi connectivity index (χ3v) is 5.68. The first-order chi connectivity index (χ1) is 10.1. The Morgan fingerprint density at radius 3 is 2.95 bits per heavy atom. The molecule has 1 aliphatic heterocycles. The molecule has 0 saturated carbocycles. The highest BCUT2D eigenvalue weighted by atomic mass is 35.5. The second-order valence-corrected chi connectivity index (χ2v) is 7.11. The maximum Gasteiger partial charge on any atom is 0.266 e. The lowest BCUT2D eigenvalue weighted by Crippen LogP contribution is -2.38. The Hall–Kier alpha value is -1.26. The zero-order valence-electron chi connectivity index (χ0n) is 12.1. The monoisotopic (exact) mass is 322 g/mol. The van der Waals surface area contributed by atoms with E-state index in [1.165, 1.54) is 24.2 Å². The predicted molar refractivity (Wildman–Crippen MR) is 90.2 cm³/mol. The predicted octanol–water partition coefficient (Wildman–Crippen LogP) is 4.54. The fourth-order valence-corrected chi connectivity index (χ4v) is 4.43. The summed E-state index contributed by atoms with van der Waals surface area (Å²) in [5, 5.41) is 1.43. The first-order valence-electron chi connectivity index (χ1n) is 7.37. The maximum absolute atomic E-state index is 12.9. The summed E-state index contributed by atoms with van der Waals surface area (Å²) in [7, 11) is 0. The molecule has 0 aliphatic carbocycles. The number of hydrogen-bond donors (Lipinski definition) is 1. The molecule has 0 bridgehead atoms. The van der Waals surface area contributed by atoms with Crippen molar-refractivity contribution in [2.24, 2.45) is 0 Å². The van der Waals surface area contributed by atoms with Gasteiger partial charge >= 0.3 is 0 Å². The molecule has 1 fully saturated rings. The Kier molecular flexibility index (Phi) is 4.09. The van der Waals surface area contributed by atoms with E-state index in [1.807, 2.05) is 23.1 Å². The third kappa shape index (κ3) is 2.62. The Morgan fingerprint density at radius 2 is 2.19 bits per heavy atom. The molecule has 1 aromatic carbocycles. The van der Waals surface area contributed by atoms with E-state index in [0.29, 0.717) is 15.6 Å². The number of nitrogen functional groups attached to an aromatic ring is 1. The van der Waals surface area contributed by atoms with Gasteiger partial charge in [-0.1, -0.05) is 30.5 Å². The van der Waals surface area contributed by atoms with Crippen molar-refractivity contribution in [3.05, 3.63) is 28.1 Å². The van der Waals surface area contributed by atoms with Crippen LogP contribution in [0.1, 0.15) is 42.3 Å². The van der Waals surface area contributed by atoms with Crippen LogP contribution in [-0.4, -0.2) is 23.4 Å². The van der Waals surface area contributed by atoms with E-state index < -0.39 is 0 Å². The molecule has 3 rings (SSSR count). The topological polar surface area (TPSA) is 46.3 Å². The number of carbonyl (C=O) groups excluding carboxylic acids is 1. The smallest absolute Gasteiger partial charge is 0.266 e. The number of thiophene rings is 1. The van der Waals surface area contributed by atoms with Gasteiger partial charge in [-0.2, -0.15) is 0 Å². The van der Waals surface area contributed by atoms with E-state index in [4.69, 9.17) is 17.3 Å². The third-order valence-electron chi connectivity index (χ3n) is 4.21. The van der Waals surface area contributed by atoms with E-state index in [0.717, 1.165) is 29.5 Å². The molecule has 2 aromatic rings. The number of hydrogen-bond acceptors (Lipinski definition) is 3. The highest BCUT2D eigenvalue weighted by molar-refractivity contribution is 7.21. The Morgan fingerprint density at radius 1 is 1.38 bits per heavy atom. The maximum atomic E-state index is 12.9. The minimum Gasteiger partial charge on any atom is -0.397 e. The number of anilines is 1. The standard InChI is InChI=1S/C16H19ClN2OS/c1-10-6-3-2-4-9-19(10)16(20)15-14(18)13-11(17)7-5-8-12(13)21-15/h5,7-8,10H,2-4,6,9,18H2,1H3. The van der Waals surface area contributed by atoms with Crippen molar-refractivity contribution < 1.29 is 4.79 Å². The van der Waals surface area contributed by atoms with Crippen LogP contribution in [0.15, 0.2) is 18.2 Å². The summed E-state index contributed by atoms with van der Waals surface area (Å²) in [6, 6.07) is 5.95. The van der Waals surface area contributed by atoms with E-state index in [2.05, 4.69) is 6.92 Å². The molecule has 1 aromatic heterocycles. The molecule has 5 heteroatoms. The number of amides is 1. The number of nitrogens with zero attached hydrogens (tertiary/aromatic N) is 1. The Balaban J connectivity index is 2.01. The highest BCUT2D eigenvalue weighted by Crippen LogP contribution is 2.39. The lowest BCUT2D eigenvalue weighted by Gasteiger charge is -2.26. The molecule has 3 nitrogen and oxygen atoms in total. The van der Waals surface area contributed by atoms with Crippen LogP contribution in [0.2, 0.25) is 5.02 Å². The van der Waals surface area contributed by atoms with Crippen molar-refractivity contribution in [2.75, 3.05) is 12.3 Å². The number of rotatable bonds is 1. The molecule has 1 saturated heterocycles. The molecule has 1 atom stereocenters. The fraction of sp³-hybridized carbons (Fsp3) is 0.438. The van der Waals surface area contributed by atoms with Crippen molar-refractivity contribution in [3.63, 3.8) is 0 Å². The van der Waals surface area contributed by atoms with E-state index in [1.54, 1.807) is 0 Å². The van der Waals surface area contributed by atoms with Gasteiger partial charge in [0.15, 0.2) is 0 Å². The molecule has 1 aliphatic rings. The van der Waals surface area contributed by atoms with E-state index >= 15 is 0 Å². The van der Waals surface area contributed by atoms with Crippen LogP contribution in [0.3, 0.4) is 0 Å². The van der Waals surface area contributed by atoms with Gasteiger partial charge < -0.3 is 10.6 Å². The minimum absolute atomic E-state index is 0.0548. The summed E-state index contributed by atoms with van der Waals surface area (Å²) in [5.41, 5.74) is 6.74. The van der Waals surface area contributed by atoms with Crippen molar-refractivity contribution in [3.8, 4) is 0 Å². The average molecular weight is 323 g/mol. The van der Waals surface area contributed by atoms with Gasteiger partial charge in [0, 0.05) is 22.7 Å². The van der Waals surface area contributed by atoms with Crippen molar-refractivity contribution in [1.29, 1.82) is 0 Å². The normalized spacial score (nSPS) is 19.7. The number of likely N-dealkylation sites (tertiary alicyclic amines) is 1. The van der Waals surface area contributed by atoms with Crippen LogP contribution in [0.4, 0.5) is 5.69 Å².